The average molecular weight is 342 g/mol. The summed E-state index contributed by atoms with van der Waals surface area (Å²) in [6.45, 7) is 6.17. The Balaban J connectivity index is 1.85. The predicted molar refractivity (Wildman–Crippen MR) is 86.9 cm³/mol. The van der Waals surface area contributed by atoms with Crippen LogP contribution in [0.2, 0.25) is 5.02 Å². The van der Waals surface area contributed by atoms with E-state index < -0.39 is 4.92 Å². The van der Waals surface area contributed by atoms with Crippen molar-refractivity contribution >= 4 is 23.2 Å². The van der Waals surface area contributed by atoms with Crippen LogP contribution in [0, 0.1) is 10.1 Å². The fraction of sp³-hybridized carbons (Fsp3) is 0.533. The van der Waals surface area contributed by atoms with Gasteiger partial charge in [0.05, 0.1) is 18.1 Å². The van der Waals surface area contributed by atoms with Crippen molar-refractivity contribution in [2.75, 3.05) is 32.8 Å². The van der Waals surface area contributed by atoms with Crippen molar-refractivity contribution in [3.05, 3.63) is 38.9 Å². The van der Waals surface area contributed by atoms with E-state index in [9.17, 15) is 14.9 Å². The summed E-state index contributed by atoms with van der Waals surface area (Å²) in [7, 11) is 0. The Kier molecular flexibility index (Phi) is 6.32. The molecule has 0 unspecified atom stereocenters. The van der Waals surface area contributed by atoms with Gasteiger partial charge in [0.15, 0.2) is 0 Å². The predicted octanol–water partition coefficient (Wildman–Crippen LogP) is 2.09. The van der Waals surface area contributed by atoms with Crippen molar-refractivity contribution in [1.82, 2.24) is 10.2 Å². The number of ether oxygens (including phenoxy) is 1. The fourth-order valence-electron chi connectivity index (χ4n) is 2.38. The average Bonchev–Trinajstić information content (AvgIpc) is 2.53. The number of morpholine rings is 1. The van der Waals surface area contributed by atoms with E-state index in [-0.39, 0.29) is 22.7 Å². The van der Waals surface area contributed by atoms with Crippen LogP contribution in [0.4, 0.5) is 5.69 Å². The molecule has 0 aromatic heterocycles. The molecule has 7 nitrogen and oxygen atoms in total. The second kappa shape index (κ2) is 8.24. The summed E-state index contributed by atoms with van der Waals surface area (Å²) < 4.78 is 5.29. The summed E-state index contributed by atoms with van der Waals surface area (Å²) in [5.41, 5.74) is 0.113. The lowest BCUT2D eigenvalue weighted by Gasteiger charge is -2.27. The molecule has 1 N–H and O–H groups in total. The van der Waals surface area contributed by atoms with Gasteiger partial charge >= 0.3 is 0 Å². The number of nitrogens with one attached hydrogen (secondary N) is 1. The maximum atomic E-state index is 12.2. The molecule has 23 heavy (non-hydrogen) atoms. The third-order valence-electron chi connectivity index (χ3n) is 3.77. The normalized spacial score (nSPS) is 16.8. The van der Waals surface area contributed by atoms with Crippen molar-refractivity contribution in [2.45, 2.75) is 19.4 Å². The Hall–Kier alpha value is -1.70. The molecule has 1 aliphatic rings. The van der Waals surface area contributed by atoms with Gasteiger partial charge in [-0.2, -0.15) is 0 Å². The number of halogens is 1. The molecule has 0 bridgehead atoms. The summed E-state index contributed by atoms with van der Waals surface area (Å²) in [4.78, 5) is 24.6. The van der Waals surface area contributed by atoms with Gasteiger partial charge in [-0.3, -0.25) is 19.8 Å². The highest BCUT2D eigenvalue weighted by Gasteiger charge is 2.17. The van der Waals surface area contributed by atoms with E-state index in [1.54, 1.807) is 0 Å². The van der Waals surface area contributed by atoms with E-state index >= 15 is 0 Å². The first-order valence-electron chi connectivity index (χ1n) is 7.52. The Bertz CT molecular complexity index is 576. The van der Waals surface area contributed by atoms with Crippen LogP contribution in [0.5, 0.6) is 0 Å². The quantitative estimate of drug-likeness (QED) is 0.632. The monoisotopic (exact) mass is 341 g/mol. The first-order chi connectivity index (χ1) is 11.0. The fourth-order valence-corrected chi connectivity index (χ4v) is 2.63. The minimum atomic E-state index is -0.574. The van der Waals surface area contributed by atoms with Crippen LogP contribution < -0.4 is 5.32 Å². The van der Waals surface area contributed by atoms with Crippen LogP contribution in [-0.2, 0) is 4.74 Å². The van der Waals surface area contributed by atoms with Crippen LogP contribution in [0.15, 0.2) is 18.2 Å². The zero-order chi connectivity index (χ0) is 16.8. The zero-order valence-corrected chi connectivity index (χ0v) is 13.7. The first-order valence-corrected chi connectivity index (χ1v) is 7.90. The molecular weight excluding hydrogens is 322 g/mol. The van der Waals surface area contributed by atoms with Gasteiger partial charge in [0, 0.05) is 37.3 Å². The van der Waals surface area contributed by atoms with Gasteiger partial charge in [0.25, 0.3) is 11.6 Å². The number of carbonyl (C=O) groups excluding carboxylic acids is 1. The molecule has 1 amide bonds. The Morgan fingerprint density at radius 3 is 2.78 bits per heavy atom. The maximum absolute atomic E-state index is 12.2. The number of rotatable bonds is 6. The van der Waals surface area contributed by atoms with Gasteiger partial charge in [-0.25, -0.2) is 0 Å². The zero-order valence-electron chi connectivity index (χ0n) is 13.0. The van der Waals surface area contributed by atoms with E-state index in [0.717, 1.165) is 39.3 Å². The molecule has 1 aromatic rings. The SMILES string of the molecule is C[C@@H](CCN1CCOCC1)NC(=O)c1ccc([N+](=O)[O-])c(Cl)c1. The Morgan fingerprint density at radius 2 is 2.17 bits per heavy atom. The summed E-state index contributed by atoms with van der Waals surface area (Å²) in [5.74, 6) is -0.281. The molecule has 8 heteroatoms. The third-order valence-corrected chi connectivity index (χ3v) is 4.07. The molecule has 0 spiro atoms. The summed E-state index contributed by atoms with van der Waals surface area (Å²) >= 11 is 5.83. The summed E-state index contributed by atoms with van der Waals surface area (Å²) in [5, 5.41) is 13.6. The molecule has 2 rings (SSSR count). The van der Waals surface area contributed by atoms with Crippen LogP contribution in [-0.4, -0.2) is 54.6 Å². The second-order valence-electron chi connectivity index (χ2n) is 5.54. The van der Waals surface area contributed by atoms with E-state index in [4.69, 9.17) is 16.3 Å². The lowest BCUT2D eigenvalue weighted by molar-refractivity contribution is -0.384. The van der Waals surface area contributed by atoms with Crippen molar-refractivity contribution in [1.29, 1.82) is 0 Å². The van der Waals surface area contributed by atoms with Crippen LogP contribution >= 0.6 is 11.6 Å². The number of hydrogen-bond donors (Lipinski definition) is 1. The molecule has 0 aliphatic carbocycles. The highest BCUT2D eigenvalue weighted by molar-refractivity contribution is 6.33. The second-order valence-corrected chi connectivity index (χ2v) is 5.95. The molecule has 0 radical (unpaired) electrons. The van der Waals surface area contributed by atoms with Crippen LogP contribution in [0.25, 0.3) is 0 Å². The van der Waals surface area contributed by atoms with Crippen molar-refractivity contribution in [2.24, 2.45) is 0 Å². The Labute approximate surface area is 139 Å². The molecule has 1 saturated heterocycles. The number of hydrogen-bond acceptors (Lipinski definition) is 5. The van der Waals surface area contributed by atoms with E-state index in [1.807, 2.05) is 6.92 Å². The minimum Gasteiger partial charge on any atom is -0.379 e. The number of nitro benzene ring substituents is 1. The van der Waals surface area contributed by atoms with Crippen molar-refractivity contribution < 1.29 is 14.5 Å². The Morgan fingerprint density at radius 1 is 1.48 bits per heavy atom. The lowest BCUT2D eigenvalue weighted by atomic mass is 10.1. The van der Waals surface area contributed by atoms with Crippen molar-refractivity contribution in [3.8, 4) is 0 Å². The third kappa shape index (κ3) is 5.16. The summed E-state index contributed by atoms with van der Waals surface area (Å²) in [6, 6.07) is 3.98. The summed E-state index contributed by atoms with van der Waals surface area (Å²) in [6.07, 6.45) is 0.826. The maximum Gasteiger partial charge on any atom is 0.287 e. The smallest absolute Gasteiger partial charge is 0.287 e. The van der Waals surface area contributed by atoms with Crippen LogP contribution in [0.3, 0.4) is 0 Å². The number of benzene rings is 1. The molecule has 1 fully saturated rings. The molecule has 1 atom stereocenters. The van der Waals surface area contributed by atoms with Gasteiger partial charge < -0.3 is 10.1 Å². The largest absolute Gasteiger partial charge is 0.379 e. The molecule has 1 aliphatic heterocycles. The molecular formula is C15H20ClN3O4. The molecule has 1 aromatic carbocycles. The topological polar surface area (TPSA) is 84.7 Å². The van der Waals surface area contributed by atoms with E-state index in [1.165, 1.54) is 18.2 Å². The van der Waals surface area contributed by atoms with Gasteiger partial charge in [-0.15, -0.1) is 0 Å². The molecule has 126 valence electrons. The van der Waals surface area contributed by atoms with E-state index in [0.29, 0.717) is 5.56 Å². The number of carbonyl (C=O) groups is 1. The van der Waals surface area contributed by atoms with Gasteiger partial charge in [0.1, 0.15) is 5.02 Å². The molecule has 0 saturated carbocycles. The first kappa shape index (κ1) is 17.7. The minimum absolute atomic E-state index is 0.000637. The number of nitro groups is 1. The van der Waals surface area contributed by atoms with Gasteiger partial charge in [0.2, 0.25) is 0 Å². The van der Waals surface area contributed by atoms with Gasteiger partial charge in [-0.05, 0) is 25.5 Å². The molecule has 1 heterocycles. The van der Waals surface area contributed by atoms with E-state index in [2.05, 4.69) is 10.2 Å². The highest BCUT2D eigenvalue weighted by Crippen LogP contribution is 2.24. The number of amides is 1. The lowest BCUT2D eigenvalue weighted by Crippen LogP contribution is -2.40. The highest BCUT2D eigenvalue weighted by atomic mass is 35.5. The number of nitrogens with zero attached hydrogens (tertiary/aromatic N) is 2. The van der Waals surface area contributed by atoms with Gasteiger partial charge in [-0.1, -0.05) is 11.6 Å². The standard InChI is InChI=1S/C15H20ClN3O4/c1-11(4-5-18-6-8-23-9-7-18)17-15(20)12-2-3-14(19(21)22)13(16)10-12/h2-3,10-11H,4-9H2,1H3,(H,17,20)/t11-/m0/s1. The van der Waals surface area contributed by atoms with Crippen LogP contribution in [0.1, 0.15) is 23.7 Å². The van der Waals surface area contributed by atoms with Crippen molar-refractivity contribution in [3.63, 3.8) is 0 Å².